The van der Waals surface area contributed by atoms with Gasteiger partial charge in [-0.1, -0.05) is 6.07 Å². The molecule has 7 heteroatoms. The molecule has 3 rings (SSSR count). The van der Waals surface area contributed by atoms with Crippen LogP contribution in [-0.4, -0.2) is 46.1 Å². The number of benzene rings is 1. The third kappa shape index (κ3) is 5.13. The molecule has 1 aliphatic carbocycles. The molecule has 0 unspecified atom stereocenters. The van der Waals surface area contributed by atoms with Gasteiger partial charge >= 0.3 is 0 Å². The van der Waals surface area contributed by atoms with E-state index in [0.717, 1.165) is 50.2 Å². The molecule has 25 heavy (non-hydrogen) atoms. The molecule has 0 bridgehead atoms. The largest absolute Gasteiger partial charge is 0.454 e. The summed E-state index contributed by atoms with van der Waals surface area (Å²) in [6.07, 6.45) is 3.34. The van der Waals surface area contributed by atoms with Crippen molar-refractivity contribution in [1.29, 1.82) is 0 Å². The first-order valence-corrected chi connectivity index (χ1v) is 8.70. The number of guanidine groups is 1. The van der Waals surface area contributed by atoms with E-state index in [9.17, 15) is 0 Å². The number of ether oxygens (including phenoxy) is 3. The monoisotopic (exact) mass is 461 g/mol. The summed E-state index contributed by atoms with van der Waals surface area (Å²) in [4.78, 5) is 4.30. The summed E-state index contributed by atoms with van der Waals surface area (Å²) in [5.74, 6) is 2.55. The molecule has 0 aromatic heterocycles. The van der Waals surface area contributed by atoms with Gasteiger partial charge in [0.15, 0.2) is 17.5 Å². The van der Waals surface area contributed by atoms with Gasteiger partial charge in [-0.3, -0.25) is 4.99 Å². The SMILES string of the molecule is CCOCCCNC(=NC)NCC1(c2ccc3c(c2)OCO3)CC1.I. The molecule has 1 aromatic carbocycles. The average Bonchev–Trinajstić information content (AvgIpc) is 3.25. The van der Waals surface area contributed by atoms with E-state index in [-0.39, 0.29) is 29.4 Å². The van der Waals surface area contributed by atoms with E-state index in [1.807, 2.05) is 13.0 Å². The minimum Gasteiger partial charge on any atom is -0.454 e. The highest BCUT2D eigenvalue weighted by atomic mass is 127. The first kappa shape index (κ1) is 20.1. The van der Waals surface area contributed by atoms with E-state index >= 15 is 0 Å². The first-order chi connectivity index (χ1) is 11.8. The third-order valence-electron chi connectivity index (χ3n) is 4.62. The van der Waals surface area contributed by atoms with Crippen molar-refractivity contribution in [3.05, 3.63) is 23.8 Å². The summed E-state index contributed by atoms with van der Waals surface area (Å²) in [6, 6.07) is 6.29. The maximum absolute atomic E-state index is 5.50. The van der Waals surface area contributed by atoms with E-state index in [4.69, 9.17) is 14.2 Å². The number of halogens is 1. The van der Waals surface area contributed by atoms with Gasteiger partial charge in [0.1, 0.15) is 0 Å². The van der Waals surface area contributed by atoms with Crippen LogP contribution in [0.3, 0.4) is 0 Å². The van der Waals surface area contributed by atoms with Gasteiger partial charge in [0.05, 0.1) is 0 Å². The van der Waals surface area contributed by atoms with Crippen molar-refractivity contribution < 1.29 is 14.2 Å². The summed E-state index contributed by atoms with van der Waals surface area (Å²) in [6.45, 7) is 5.61. The quantitative estimate of drug-likeness (QED) is 0.270. The molecule has 0 amide bonds. The first-order valence-electron chi connectivity index (χ1n) is 8.70. The molecule has 140 valence electrons. The molecule has 1 aromatic rings. The second-order valence-corrected chi connectivity index (χ2v) is 6.25. The van der Waals surface area contributed by atoms with Gasteiger partial charge in [-0.05, 0) is 43.9 Å². The lowest BCUT2D eigenvalue weighted by Gasteiger charge is -2.19. The molecule has 1 fully saturated rings. The lowest BCUT2D eigenvalue weighted by molar-refractivity contribution is 0.145. The fraction of sp³-hybridized carbons (Fsp3) is 0.611. The van der Waals surface area contributed by atoms with E-state index < -0.39 is 0 Å². The standard InChI is InChI=1S/C18H27N3O3.HI/c1-3-22-10-4-9-20-17(19-2)21-12-18(7-8-18)14-5-6-15-16(11-14)24-13-23-15;/h5-6,11H,3-4,7-10,12-13H2,1-2H3,(H2,19,20,21);1H. The lowest BCUT2D eigenvalue weighted by Crippen LogP contribution is -2.41. The van der Waals surface area contributed by atoms with Crippen LogP contribution in [0.5, 0.6) is 11.5 Å². The predicted octanol–water partition coefficient (Wildman–Crippen LogP) is 2.66. The van der Waals surface area contributed by atoms with E-state index in [2.05, 4.69) is 27.8 Å². The highest BCUT2D eigenvalue weighted by Crippen LogP contribution is 2.49. The zero-order valence-corrected chi connectivity index (χ0v) is 17.3. The van der Waals surface area contributed by atoms with Gasteiger partial charge in [-0.15, -0.1) is 24.0 Å². The highest BCUT2D eigenvalue weighted by Gasteiger charge is 2.44. The van der Waals surface area contributed by atoms with Gasteiger partial charge in [0, 0.05) is 38.8 Å². The lowest BCUT2D eigenvalue weighted by atomic mass is 9.95. The Kier molecular flexibility index (Phi) is 7.61. The Bertz CT molecular complexity index is 591. The summed E-state index contributed by atoms with van der Waals surface area (Å²) < 4.78 is 16.2. The van der Waals surface area contributed by atoms with E-state index in [0.29, 0.717) is 6.79 Å². The van der Waals surface area contributed by atoms with E-state index in [1.165, 1.54) is 18.4 Å². The second-order valence-electron chi connectivity index (χ2n) is 6.25. The molecule has 2 aliphatic rings. The van der Waals surface area contributed by atoms with Crippen LogP contribution in [0.15, 0.2) is 23.2 Å². The van der Waals surface area contributed by atoms with Crippen LogP contribution in [0.25, 0.3) is 0 Å². The Hall–Kier alpha value is -1.22. The normalized spacial score (nSPS) is 17.0. The fourth-order valence-electron chi connectivity index (χ4n) is 2.94. The van der Waals surface area contributed by atoms with Gasteiger partial charge in [0.2, 0.25) is 6.79 Å². The van der Waals surface area contributed by atoms with Crippen molar-refractivity contribution in [3.8, 4) is 11.5 Å². The topological polar surface area (TPSA) is 64.1 Å². The van der Waals surface area contributed by atoms with Crippen molar-refractivity contribution in [3.63, 3.8) is 0 Å². The van der Waals surface area contributed by atoms with Crippen molar-refractivity contribution in [1.82, 2.24) is 10.6 Å². The Labute approximate surface area is 166 Å². The van der Waals surface area contributed by atoms with E-state index in [1.54, 1.807) is 7.05 Å². The molecule has 0 saturated heterocycles. The van der Waals surface area contributed by atoms with Gasteiger partial charge < -0.3 is 24.8 Å². The number of hydrogen-bond acceptors (Lipinski definition) is 4. The van der Waals surface area contributed by atoms with Crippen molar-refractivity contribution in [2.24, 2.45) is 4.99 Å². The summed E-state index contributed by atoms with van der Waals surface area (Å²) in [5, 5.41) is 6.79. The number of nitrogens with one attached hydrogen (secondary N) is 2. The van der Waals surface area contributed by atoms with Gasteiger partial charge in [-0.2, -0.15) is 0 Å². The van der Waals surface area contributed by atoms with Crippen LogP contribution in [-0.2, 0) is 10.2 Å². The molecular weight excluding hydrogens is 433 g/mol. The molecule has 0 radical (unpaired) electrons. The van der Waals surface area contributed by atoms with Gasteiger partial charge in [0.25, 0.3) is 0 Å². The second kappa shape index (κ2) is 9.47. The third-order valence-corrected chi connectivity index (χ3v) is 4.62. The van der Waals surface area contributed by atoms with Crippen LogP contribution in [0.4, 0.5) is 0 Å². The average molecular weight is 461 g/mol. The van der Waals surface area contributed by atoms with Crippen molar-refractivity contribution >= 4 is 29.9 Å². The number of rotatable bonds is 8. The number of fused-ring (bicyclic) bond motifs is 1. The fourth-order valence-corrected chi connectivity index (χ4v) is 2.94. The molecule has 1 aliphatic heterocycles. The van der Waals surface area contributed by atoms with Crippen LogP contribution in [0, 0.1) is 0 Å². The zero-order chi connectivity index (χ0) is 16.8. The molecule has 6 nitrogen and oxygen atoms in total. The Balaban J connectivity index is 0.00000225. The molecule has 1 saturated carbocycles. The van der Waals surface area contributed by atoms with Crippen molar-refractivity contribution in [2.45, 2.75) is 31.6 Å². The van der Waals surface area contributed by atoms with Gasteiger partial charge in [-0.25, -0.2) is 0 Å². The molecule has 0 spiro atoms. The Morgan fingerprint density at radius 1 is 1.24 bits per heavy atom. The van der Waals surface area contributed by atoms with Crippen LogP contribution < -0.4 is 20.1 Å². The van der Waals surface area contributed by atoms with Crippen molar-refractivity contribution in [2.75, 3.05) is 40.1 Å². The summed E-state index contributed by atoms with van der Waals surface area (Å²) in [5.41, 5.74) is 1.50. The van der Waals surface area contributed by atoms with Crippen LogP contribution in [0.2, 0.25) is 0 Å². The number of hydrogen-bond donors (Lipinski definition) is 2. The maximum atomic E-state index is 5.50. The van der Waals surface area contributed by atoms with Crippen LogP contribution in [0.1, 0.15) is 31.7 Å². The molecule has 0 atom stereocenters. The number of aliphatic imine (C=N–C) groups is 1. The number of nitrogens with zero attached hydrogens (tertiary/aromatic N) is 1. The van der Waals surface area contributed by atoms with Crippen LogP contribution >= 0.6 is 24.0 Å². The molecule has 2 N–H and O–H groups in total. The minimum absolute atomic E-state index is 0. The summed E-state index contributed by atoms with van der Waals surface area (Å²) >= 11 is 0. The zero-order valence-electron chi connectivity index (χ0n) is 15.0. The summed E-state index contributed by atoms with van der Waals surface area (Å²) in [7, 11) is 1.80. The predicted molar refractivity (Wildman–Crippen MR) is 109 cm³/mol. The Morgan fingerprint density at radius 2 is 2.04 bits per heavy atom. The smallest absolute Gasteiger partial charge is 0.231 e. The molecule has 1 heterocycles. The maximum Gasteiger partial charge on any atom is 0.231 e. The molecular formula is C18H28IN3O3. The Morgan fingerprint density at radius 3 is 2.76 bits per heavy atom. The minimum atomic E-state index is 0. The highest BCUT2D eigenvalue weighted by molar-refractivity contribution is 14.0.